The van der Waals surface area contributed by atoms with Crippen LogP contribution in [0.25, 0.3) is 21.7 Å². The molecule has 4 aromatic carbocycles. The van der Waals surface area contributed by atoms with E-state index >= 15 is 0 Å². The first-order valence-corrected chi connectivity index (χ1v) is 13.4. The lowest BCUT2D eigenvalue weighted by Crippen LogP contribution is -2.13. The Labute approximate surface area is 223 Å². The van der Waals surface area contributed by atoms with Gasteiger partial charge in [0.2, 0.25) is 21.0 Å². The molecule has 0 fully saturated rings. The molecule has 0 saturated carbocycles. The third-order valence-electron chi connectivity index (χ3n) is 5.84. The number of nitrogens with zero attached hydrogens (tertiary/aromatic N) is 3. The van der Waals surface area contributed by atoms with Gasteiger partial charge >= 0.3 is 0 Å². The van der Waals surface area contributed by atoms with E-state index in [1.807, 2.05) is 42.5 Å². The lowest BCUT2D eigenvalue weighted by Gasteiger charge is -2.11. The molecule has 5 aromatic rings. The zero-order valence-corrected chi connectivity index (χ0v) is 21.6. The molecule has 37 heavy (non-hydrogen) atoms. The van der Waals surface area contributed by atoms with Gasteiger partial charge in [-0.25, -0.2) is 13.6 Å². The number of sulfonamides is 1. The molecule has 0 aliphatic heterocycles. The van der Waals surface area contributed by atoms with Crippen molar-refractivity contribution in [3.8, 4) is 5.88 Å². The number of thiocarbonyl (C=S) groups is 1. The van der Waals surface area contributed by atoms with Gasteiger partial charge in [0, 0.05) is 11.1 Å². The number of hydrogen-bond acceptors (Lipinski definition) is 5. The Kier molecular flexibility index (Phi) is 6.65. The molecule has 0 spiro atoms. The van der Waals surface area contributed by atoms with Gasteiger partial charge in [0.05, 0.1) is 22.0 Å². The number of fused-ring (bicyclic) bond motifs is 2. The van der Waals surface area contributed by atoms with Gasteiger partial charge in [-0.3, -0.25) is 0 Å². The maximum atomic E-state index is 11.6. The van der Waals surface area contributed by atoms with Gasteiger partial charge in [0.25, 0.3) is 0 Å². The monoisotopic (exact) mass is 549 g/mol. The molecule has 0 aliphatic rings. The Morgan fingerprint density at radius 3 is 2.51 bits per heavy atom. The largest absolute Gasteiger partial charge is 0.493 e. The Morgan fingerprint density at radius 1 is 1.00 bits per heavy atom. The second-order valence-corrected chi connectivity index (χ2v) is 10.6. The van der Waals surface area contributed by atoms with Crippen LogP contribution in [-0.4, -0.2) is 23.2 Å². The van der Waals surface area contributed by atoms with Crippen LogP contribution >= 0.6 is 23.8 Å². The number of nitrogens with two attached hydrogens (primary N) is 1. The molecule has 5 rings (SSSR count). The molecule has 4 N–H and O–H groups in total. The van der Waals surface area contributed by atoms with Gasteiger partial charge in [-0.15, -0.1) is 10.2 Å². The number of nitrogens with one attached hydrogen (secondary N) is 1. The lowest BCUT2D eigenvalue weighted by molar-refractivity contribution is 0.430. The van der Waals surface area contributed by atoms with E-state index in [1.165, 1.54) is 18.2 Å². The summed E-state index contributed by atoms with van der Waals surface area (Å²) in [6, 6.07) is 25.2. The lowest BCUT2D eigenvalue weighted by atomic mass is 10.0. The summed E-state index contributed by atoms with van der Waals surface area (Å²) >= 11 is 11.8. The number of anilines is 1. The number of benzene rings is 4. The summed E-state index contributed by atoms with van der Waals surface area (Å²) in [6.45, 7) is 0.353. The summed E-state index contributed by atoms with van der Waals surface area (Å²) in [6.07, 6.45) is 0. The number of azo groups is 1. The van der Waals surface area contributed by atoms with Crippen molar-refractivity contribution in [1.82, 2.24) is 4.57 Å². The van der Waals surface area contributed by atoms with E-state index in [1.54, 1.807) is 28.8 Å². The highest BCUT2D eigenvalue weighted by Gasteiger charge is 2.20. The minimum Gasteiger partial charge on any atom is -0.493 e. The maximum absolute atomic E-state index is 11.6. The van der Waals surface area contributed by atoms with E-state index < -0.39 is 10.0 Å². The minimum atomic E-state index is -3.87. The normalized spacial score (nSPS) is 11.9. The predicted molar refractivity (Wildman–Crippen MR) is 150 cm³/mol. The molecular weight excluding hydrogens is 530 g/mol. The van der Waals surface area contributed by atoms with Crippen molar-refractivity contribution in [2.24, 2.45) is 15.4 Å². The zero-order valence-electron chi connectivity index (χ0n) is 19.2. The van der Waals surface area contributed by atoms with Crippen molar-refractivity contribution in [1.29, 1.82) is 0 Å². The van der Waals surface area contributed by atoms with Gasteiger partial charge in [-0.05, 0) is 52.8 Å². The number of aromatic nitrogens is 1. The van der Waals surface area contributed by atoms with Crippen LogP contribution < -0.4 is 10.5 Å². The molecule has 0 amide bonds. The fraction of sp³-hybridized carbons (Fsp3) is 0.0385. The SMILES string of the molecule is NS(=O)(=O)c1cccc(NC(=S)N=Nc2c(O)n(Cc3cccc4ccccc34)c3c(Cl)cccc23)c1. The molecule has 0 radical (unpaired) electrons. The third-order valence-corrected chi connectivity index (χ3v) is 7.24. The summed E-state index contributed by atoms with van der Waals surface area (Å²) in [5, 5.41) is 30.6. The predicted octanol–water partition coefficient (Wildman–Crippen LogP) is 6.33. The first-order valence-electron chi connectivity index (χ1n) is 11.0. The van der Waals surface area contributed by atoms with Crippen LogP contribution in [-0.2, 0) is 16.6 Å². The van der Waals surface area contributed by atoms with Gasteiger partial charge in [0.15, 0.2) is 5.69 Å². The molecule has 0 unspecified atom stereocenters. The van der Waals surface area contributed by atoms with E-state index in [-0.39, 0.29) is 21.6 Å². The molecule has 0 saturated heterocycles. The van der Waals surface area contributed by atoms with Crippen molar-refractivity contribution in [3.05, 3.63) is 95.5 Å². The van der Waals surface area contributed by atoms with E-state index in [4.69, 9.17) is 29.0 Å². The maximum Gasteiger partial charge on any atom is 0.238 e. The van der Waals surface area contributed by atoms with E-state index in [9.17, 15) is 13.5 Å². The van der Waals surface area contributed by atoms with Crippen LogP contribution in [0, 0.1) is 0 Å². The smallest absolute Gasteiger partial charge is 0.238 e. The molecule has 1 heterocycles. The topological polar surface area (TPSA) is 122 Å². The molecule has 0 aliphatic carbocycles. The van der Waals surface area contributed by atoms with Gasteiger partial charge in [-0.1, -0.05) is 72.3 Å². The fourth-order valence-electron chi connectivity index (χ4n) is 4.18. The summed E-state index contributed by atoms with van der Waals surface area (Å²) in [7, 11) is -3.87. The van der Waals surface area contributed by atoms with Crippen molar-refractivity contribution < 1.29 is 13.5 Å². The van der Waals surface area contributed by atoms with Crippen LogP contribution in [0.1, 0.15) is 5.56 Å². The number of halogens is 1. The number of hydrogen-bond donors (Lipinski definition) is 3. The fourth-order valence-corrected chi connectivity index (χ4v) is 5.18. The van der Waals surface area contributed by atoms with Crippen molar-refractivity contribution in [2.45, 2.75) is 11.4 Å². The number of para-hydroxylation sites is 1. The first-order chi connectivity index (χ1) is 17.7. The molecule has 8 nitrogen and oxygen atoms in total. The zero-order chi connectivity index (χ0) is 26.2. The third kappa shape index (κ3) is 5.05. The molecule has 0 bridgehead atoms. The Morgan fingerprint density at radius 2 is 1.70 bits per heavy atom. The van der Waals surface area contributed by atoms with Gasteiger partial charge in [-0.2, -0.15) is 0 Å². The second-order valence-electron chi connectivity index (χ2n) is 8.24. The van der Waals surface area contributed by atoms with Gasteiger partial charge in [0.1, 0.15) is 0 Å². The van der Waals surface area contributed by atoms with E-state index in [2.05, 4.69) is 15.5 Å². The number of rotatable bonds is 5. The highest BCUT2D eigenvalue weighted by molar-refractivity contribution is 7.89. The molecule has 11 heteroatoms. The molecule has 0 atom stereocenters. The van der Waals surface area contributed by atoms with Crippen LogP contribution in [0.4, 0.5) is 11.4 Å². The number of aromatic hydroxyl groups is 1. The standard InChI is InChI=1S/C26H20ClN5O3S2/c27-22-13-5-12-21-23(30-31-26(36)29-18-9-4-10-19(14-18)37(28,34)35)25(33)32(24(21)22)15-17-8-3-7-16-6-1-2-11-20(16)17/h1-14,33H,15H2,(H,29,36)(H2,28,34,35). The van der Waals surface area contributed by atoms with Crippen LogP contribution in [0.2, 0.25) is 5.02 Å². The molecular formula is C26H20ClN5O3S2. The Bertz CT molecular complexity index is 1810. The molecule has 1 aromatic heterocycles. The summed E-state index contributed by atoms with van der Waals surface area (Å²) < 4.78 is 24.9. The highest BCUT2D eigenvalue weighted by atomic mass is 35.5. The van der Waals surface area contributed by atoms with E-state index in [0.717, 1.165) is 16.3 Å². The Balaban J connectivity index is 1.50. The van der Waals surface area contributed by atoms with Crippen molar-refractivity contribution >= 4 is 72.0 Å². The minimum absolute atomic E-state index is 0.0389. The summed E-state index contributed by atoms with van der Waals surface area (Å²) in [4.78, 5) is -0.0685. The van der Waals surface area contributed by atoms with Crippen LogP contribution in [0.15, 0.2) is 100 Å². The quantitative estimate of drug-likeness (QED) is 0.175. The average Bonchev–Trinajstić information content (AvgIpc) is 3.14. The first kappa shape index (κ1) is 24.8. The Hall–Kier alpha value is -3.83. The summed E-state index contributed by atoms with van der Waals surface area (Å²) in [5.41, 5.74) is 2.20. The average molecular weight is 550 g/mol. The van der Waals surface area contributed by atoms with Crippen LogP contribution in [0.3, 0.4) is 0 Å². The highest BCUT2D eigenvalue weighted by Crippen LogP contribution is 2.42. The second kappa shape index (κ2) is 9.91. The van der Waals surface area contributed by atoms with Crippen molar-refractivity contribution in [3.63, 3.8) is 0 Å². The molecule has 186 valence electrons. The van der Waals surface area contributed by atoms with Gasteiger partial charge < -0.3 is 15.0 Å². The van der Waals surface area contributed by atoms with Crippen LogP contribution in [0.5, 0.6) is 5.88 Å². The summed E-state index contributed by atoms with van der Waals surface area (Å²) in [5.74, 6) is -0.112. The van der Waals surface area contributed by atoms with E-state index in [0.29, 0.717) is 28.2 Å². The number of primary sulfonamides is 1. The van der Waals surface area contributed by atoms with Crippen molar-refractivity contribution in [2.75, 3.05) is 5.32 Å².